The van der Waals surface area contributed by atoms with E-state index in [1.54, 1.807) is 19.2 Å². The Bertz CT molecular complexity index is 387. The van der Waals surface area contributed by atoms with Crippen LogP contribution in [0, 0.1) is 0 Å². The fourth-order valence-electron chi connectivity index (χ4n) is 1.05. The summed E-state index contributed by atoms with van der Waals surface area (Å²) in [6, 6.07) is 1.72. The number of hydrogen-bond donors (Lipinski definition) is 1. The Morgan fingerprint density at radius 3 is 3.00 bits per heavy atom. The molecule has 17 heavy (non-hydrogen) atoms. The van der Waals surface area contributed by atoms with Gasteiger partial charge in [-0.3, -0.25) is 10.3 Å². The van der Waals surface area contributed by atoms with Gasteiger partial charge in [0.15, 0.2) is 6.61 Å². The van der Waals surface area contributed by atoms with Crippen molar-refractivity contribution in [3.63, 3.8) is 0 Å². The molecular weight excluding hydrogens is 292 g/mol. The van der Waals surface area contributed by atoms with Crippen LogP contribution >= 0.6 is 15.9 Å². The van der Waals surface area contributed by atoms with E-state index in [0.717, 1.165) is 4.47 Å². The molecule has 0 radical (unpaired) electrons. The average Bonchev–Trinajstić information content (AvgIpc) is 2.29. The van der Waals surface area contributed by atoms with Gasteiger partial charge in [-0.15, -0.1) is 0 Å². The smallest absolute Gasteiger partial charge is 0.344 e. The number of esters is 1. The van der Waals surface area contributed by atoms with Gasteiger partial charge in [-0.2, -0.15) is 0 Å². The molecule has 1 N–H and O–H groups in total. The average molecular weight is 305 g/mol. The van der Waals surface area contributed by atoms with Gasteiger partial charge in [0.2, 0.25) is 5.88 Å². The summed E-state index contributed by atoms with van der Waals surface area (Å²) in [5.74, 6) is -0.177. The summed E-state index contributed by atoms with van der Waals surface area (Å²) in [6.45, 7) is 1.85. The molecule has 0 unspecified atom stereocenters. The predicted molar refractivity (Wildman–Crippen MR) is 64.7 cm³/mol. The van der Waals surface area contributed by atoms with Crippen molar-refractivity contribution in [1.82, 2.24) is 4.98 Å². The lowest BCUT2D eigenvalue weighted by molar-refractivity contribution is -0.145. The van der Waals surface area contributed by atoms with Crippen LogP contribution in [-0.2, 0) is 14.4 Å². The fourth-order valence-corrected chi connectivity index (χ4v) is 1.39. The molecular formula is C10H13BrN2O4. The fraction of sp³-hybridized carbons (Fsp3) is 0.400. The van der Waals surface area contributed by atoms with E-state index in [2.05, 4.69) is 26.4 Å². The first-order chi connectivity index (χ1) is 8.17. The minimum absolute atomic E-state index is 0.194. The lowest BCUT2D eigenvalue weighted by Crippen LogP contribution is -2.15. The quantitative estimate of drug-likeness (QED) is 0.638. The van der Waals surface area contributed by atoms with E-state index >= 15 is 0 Å². The van der Waals surface area contributed by atoms with E-state index in [1.165, 1.54) is 7.11 Å². The Kier molecular flexibility index (Phi) is 5.71. The van der Waals surface area contributed by atoms with Gasteiger partial charge in [0, 0.05) is 10.7 Å². The summed E-state index contributed by atoms with van der Waals surface area (Å²) < 4.78 is 10.7. The molecule has 0 saturated heterocycles. The van der Waals surface area contributed by atoms with Gasteiger partial charge in [0.05, 0.1) is 13.7 Å². The molecule has 1 aromatic heterocycles. The Morgan fingerprint density at radius 2 is 2.35 bits per heavy atom. The number of halogens is 1. The lowest BCUT2D eigenvalue weighted by atomic mass is 10.4. The lowest BCUT2D eigenvalue weighted by Gasteiger charge is -2.10. The van der Waals surface area contributed by atoms with Crippen LogP contribution < -0.4 is 10.2 Å². The van der Waals surface area contributed by atoms with Crippen LogP contribution in [0.1, 0.15) is 6.92 Å². The number of ether oxygens (including phenoxy) is 2. The Hall–Kier alpha value is -1.34. The highest BCUT2D eigenvalue weighted by Crippen LogP contribution is 2.25. The third kappa shape index (κ3) is 4.58. The highest BCUT2D eigenvalue weighted by Gasteiger charge is 2.09. The number of hydrogen-bond acceptors (Lipinski definition) is 6. The van der Waals surface area contributed by atoms with Crippen LogP contribution in [0.25, 0.3) is 0 Å². The van der Waals surface area contributed by atoms with Gasteiger partial charge in [-0.1, -0.05) is 0 Å². The molecule has 0 atom stereocenters. The van der Waals surface area contributed by atoms with Crippen molar-refractivity contribution in [3.05, 3.63) is 16.7 Å². The number of carbonyl (C=O) groups excluding carboxylic acids is 1. The SMILES string of the molecule is CCOC(=O)COc1ncc(Br)cc1NOC. The van der Waals surface area contributed by atoms with Crippen LogP contribution in [0.2, 0.25) is 0 Å². The van der Waals surface area contributed by atoms with E-state index in [1.807, 2.05) is 0 Å². The molecule has 0 saturated carbocycles. The first-order valence-corrected chi connectivity index (χ1v) is 5.69. The van der Waals surface area contributed by atoms with Crippen molar-refractivity contribution in [2.24, 2.45) is 0 Å². The molecule has 0 bridgehead atoms. The van der Waals surface area contributed by atoms with E-state index in [-0.39, 0.29) is 12.5 Å². The van der Waals surface area contributed by atoms with Crippen LogP contribution in [0.4, 0.5) is 5.69 Å². The minimum atomic E-state index is -0.444. The van der Waals surface area contributed by atoms with E-state index in [4.69, 9.17) is 14.3 Å². The summed E-state index contributed by atoms with van der Waals surface area (Å²) in [7, 11) is 1.47. The second-order valence-corrected chi connectivity index (χ2v) is 3.82. The second-order valence-electron chi connectivity index (χ2n) is 2.91. The maximum Gasteiger partial charge on any atom is 0.344 e. The zero-order chi connectivity index (χ0) is 12.7. The monoisotopic (exact) mass is 304 g/mol. The highest BCUT2D eigenvalue weighted by molar-refractivity contribution is 9.10. The molecule has 0 amide bonds. The molecule has 0 fully saturated rings. The van der Waals surface area contributed by atoms with Crippen LogP contribution in [0.5, 0.6) is 5.88 Å². The van der Waals surface area contributed by atoms with Crippen molar-refractivity contribution in [2.45, 2.75) is 6.92 Å². The molecule has 1 rings (SSSR count). The number of nitrogens with zero attached hydrogens (tertiary/aromatic N) is 1. The van der Waals surface area contributed by atoms with Gasteiger partial charge in [0.25, 0.3) is 0 Å². The van der Waals surface area contributed by atoms with E-state index in [0.29, 0.717) is 12.3 Å². The van der Waals surface area contributed by atoms with Gasteiger partial charge in [-0.25, -0.2) is 9.78 Å². The maximum atomic E-state index is 11.1. The summed E-state index contributed by atoms with van der Waals surface area (Å²) in [4.78, 5) is 19.9. The van der Waals surface area contributed by atoms with Crippen LogP contribution in [0.15, 0.2) is 16.7 Å². The van der Waals surface area contributed by atoms with Crippen molar-refractivity contribution in [1.29, 1.82) is 0 Å². The summed E-state index contributed by atoms with van der Waals surface area (Å²) >= 11 is 3.27. The van der Waals surface area contributed by atoms with Gasteiger partial charge in [-0.05, 0) is 28.9 Å². The molecule has 94 valence electrons. The molecule has 0 spiro atoms. The molecule has 1 aromatic rings. The van der Waals surface area contributed by atoms with Crippen molar-refractivity contribution < 1.29 is 19.1 Å². The third-order valence-corrected chi connectivity index (χ3v) is 2.10. The molecule has 0 aromatic carbocycles. The largest absolute Gasteiger partial charge is 0.464 e. The van der Waals surface area contributed by atoms with Crippen LogP contribution in [-0.4, -0.2) is 31.3 Å². The number of carbonyl (C=O) groups is 1. The summed E-state index contributed by atoms with van der Waals surface area (Å²) in [5.41, 5.74) is 3.12. The molecule has 7 heteroatoms. The normalized spacial score (nSPS) is 9.82. The minimum Gasteiger partial charge on any atom is -0.464 e. The Labute approximate surface area is 107 Å². The zero-order valence-corrected chi connectivity index (χ0v) is 11.1. The Balaban J connectivity index is 2.66. The number of nitrogens with one attached hydrogen (secondary N) is 1. The first-order valence-electron chi connectivity index (χ1n) is 4.90. The van der Waals surface area contributed by atoms with Crippen molar-refractivity contribution >= 4 is 27.6 Å². The highest BCUT2D eigenvalue weighted by atomic mass is 79.9. The first kappa shape index (κ1) is 13.7. The number of aromatic nitrogens is 1. The molecule has 0 aliphatic rings. The maximum absolute atomic E-state index is 11.1. The number of rotatable bonds is 6. The van der Waals surface area contributed by atoms with Crippen molar-refractivity contribution in [3.8, 4) is 5.88 Å². The molecule has 0 aliphatic heterocycles. The van der Waals surface area contributed by atoms with E-state index < -0.39 is 5.97 Å². The van der Waals surface area contributed by atoms with Gasteiger partial charge >= 0.3 is 5.97 Å². The Morgan fingerprint density at radius 1 is 1.59 bits per heavy atom. The van der Waals surface area contributed by atoms with Gasteiger partial charge in [0.1, 0.15) is 5.69 Å². The second kappa shape index (κ2) is 7.08. The topological polar surface area (TPSA) is 69.7 Å². The molecule has 6 nitrogen and oxygen atoms in total. The molecule has 1 heterocycles. The number of pyridine rings is 1. The summed E-state index contributed by atoms with van der Waals surface area (Å²) in [5, 5.41) is 0. The van der Waals surface area contributed by atoms with Crippen LogP contribution in [0.3, 0.4) is 0 Å². The zero-order valence-electron chi connectivity index (χ0n) is 9.53. The summed E-state index contributed by atoms with van der Waals surface area (Å²) in [6.07, 6.45) is 1.56. The van der Waals surface area contributed by atoms with Crippen molar-refractivity contribution in [2.75, 3.05) is 25.8 Å². The third-order valence-electron chi connectivity index (χ3n) is 1.66. The van der Waals surface area contributed by atoms with E-state index in [9.17, 15) is 4.79 Å². The predicted octanol–water partition coefficient (Wildman–Crippen LogP) is 1.76. The standard InChI is InChI=1S/C10H13BrN2O4/c1-3-16-9(14)6-17-10-8(13-15-2)4-7(11)5-12-10/h4-5,13H,3,6H2,1-2H3. The molecule has 0 aliphatic carbocycles. The van der Waals surface area contributed by atoms with Gasteiger partial charge < -0.3 is 9.47 Å². The number of anilines is 1.